The average Bonchev–Trinajstić information content (AvgIpc) is 2.96. The van der Waals surface area contributed by atoms with E-state index in [1.807, 2.05) is 5.32 Å². The highest BCUT2D eigenvalue weighted by molar-refractivity contribution is 6.11. The summed E-state index contributed by atoms with van der Waals surface area (Å²) >= 11 is 0. The Balaban J connectivity index is 1.73. The van der Waals surface area contributed by atoms with Crippen molar-refractivity contribution in [2.75, 3.05) is 44.8 Å². The number of benzene rings is 1. The van der Waals surface area contributed by atoms with Crippen LogP contribution in [0, 0.1) is 10.8 Å². The number of fused-ring (bicyclic) bond motifs is 1. The zero-order chi connectivity index (χ0) is 28.8. The molecule has 0 aromatic heterocycles. The largest absolute Gasteiger partial charge is 0.465 e. The molecule has 13 heteroatoms. The molecule has 0 saturated carbocycles. The molecule has 0 radical (unpaired) electrons. The van der Waals surface area contributed by atoms with Gasteiger partial charge in [-0.2, -0.15) is 0 Å². The number of hydrogen-bond donors (Lipinski definition) is 6. The van der Waals surface area contributed by atoms with E-state index in [0.29, 0.717) is 56.8 Å². The zero-order valence-corrected chi connectivity index (χ0v) is 22.4. The highest BCUT2D eigenvalue weighted by Crippen LogP contribution is 2.38. The van der Waals surface area contributed by atoms with Crippen molar-refractivity contribution < 1.29 is 28.2 Å². The monoisotopic (exact) mass is 559 g/mol. The molecule has 3 aliphatic heterocycles. The number of carboxylic acid groups (broad SMARTS) is 1. The Morgan fingerprint density at radius 2 is 1.95 bits per heavy atom. The molecule has 1 fully saturated rings. The highest BCUT2D eigenvalue weighted by atomic mass is 19.3. The van der Waals surface area contributed by atoms with Crippen LogP contribution in [0.3, 0.4) is 0 Å². The van der Waals surface area contributed by atoms with Gasteiger partial charge in [-0.05, 0) is 48.9 Å². The lowest BCUT2D eigenvalue weighted by Crippen LogP contribution is -2.48. The maximum Gasteiger partial charge on any atom is 0.408 e. The average molecular weight is 560 g/mol. The van der Waals surface area contributed by atoms with E-state index in [2.05, 4.69) is 10.6 Å². The third-order valence-corrected chi connectivity index (χ3v) is 7.42. The Morgan fingerprint density at radius 3 is 2.60 bits per heavy atom. The minimum absolute atomic E-state index is 0.00635. The summed E-state index contributed by atoms with van der Waals surface area (Å²) in [6.07, 6.45) is 1.02. The zero-order valence-electron chi connectivity index (χ0n) is 22.4. The number of anilines is 1. The standard InChI is InChI=1S/C27H35F2N7O4/c1-32-26(37)35-8-4-22(34-18-5-9-40-10-6-18)21(15-35)25(31)36-7-2-3-16-11-19(17(13-30)14-33-27(38)39)20(24(28)29)12-23(16)36/h11-14,18,24,30-31,33-34H,2-10,15H2,1H3,(H,32,37)(H,38,39)/b17-14+,30-13?,31-25?. The fourth-order valence-corrected chi connectivity index (χ4v) is 5.37. The van der Waals surface area contributed by atoms with E-state index in [1.165, 1.54) is 6.07 Å². The summed E-state index contributed by atoms with van der Waals surface area (Å²) in [5.74, 6) is 0.146. The lowest BCUT2D eigenvalue weighted by Gasteiger charge is -2.38. The maximum absolute atomic E-state index is 14.3. The third-order valence-electron chi connectivity index (χ3n) is 7.42. The van der Waals surface area contributed by atoms with Gasteiger partial charge in [0.05, 0.1) is 6.54 Å². The van der Waals surface area contributed by atoms with E-state index in [-0.39, 0.29) is 41.2 Å². The SMILES string of the molecule is CNC(=O)N1CCC(NC2CCOCC2)=C(C(=N)N2CCCc3cc(/C(C=N)=C/NC(=O)O)c(C(F)F)cc32)C1. The molecular weight excluding hydrogens is 524 g/mol. The van der Waals surface area contributed by atoms with Crippen molar-refractivity contribution in [3.8, 4) is 0 Å². The Labute approximate surface area is 231 Å². The molecular formula is C27H35F2N7O4. The van der Waals surface area contributed by atoms with Crippen LogP contribution in [0.4, 0.5) is 24.1 Å². The lowest BCUT2D eigenvalue weighted by atomic mass is 9.91. The van der Waals surface area contributed by atoms with Crippen LogP contribution in [0.5, 0.6) is 0 Å². The molecule has 0 atom stereocenters. The first-order valence-electron chi connectivity index (χ1n) is 13.3. The second-order valence-electron chi connectivity index (χ2n) is 9.88. The van der Waals surface area contributed by atoms with Crippen LogP contribution >= 0.6 is 0 Å². The van der Waals surface area contributed by atoms with Crippen molar-refractivity contribution in [1.29, 1.82) is 10.8 Å². The van der Waals surface area contributed by atoms with Crippen LogP contribution in [-0.2, 0) is 11.2 Å². The quantitative estimate of drug-likeness (QED) is 0.221. The van der Waals surface area contributed by atoms with Gasteiger partial charge < -0.3 is 35.7 Å². The number of allylic oxidation sites excluding steroid dienone is 1. The van der Waals surface area contributed by atoms with Gasteiger partial charge in [-0.3, -0.25) is 10.7 Å². The topological polar surface area (TPSA) is 154 Å². The Kier molecular flexibility index (Phi) is 9.35. The predicted molar refractivity (Wildman–Crippen MR) is 147 cm³/mol. The van der Waals surface area contributed by atoms with Gasteiger partial charge in [0, 0.05) is 86.3 Å². The first-order valence-corrected chi connectivity index (χ1v) is 13.3. The number of rotatable bonds is 7. The van der Waals surface area contributed by atoms with Crippen LogP contribution in [0.2, 0.25) is 0 Å². The molecule has 0 spiro atoms. The highest BCUT2D eigenvalue weighted by Gasteiger charge is 2.32. The first-order chi connectivity index (χ1) is 19.2. The van der Waals surface area contributed by atoms with Crippen molar-refractivity contribution in [1.82, 2.24) is 20.9 Å². The fourth-order valence-electron chi connectivity index (χ4n) is 5.37. The van der Waals surface area contributed by atoms with Gasteiger partial charge in [0.1, 0.15) is 5.84 Å². The van der Waals surface area contributed by atoms with E-state index in [9.17, 15) is 23.8 Å². The summed E-state index contributed by atoms with van der Waals surface area (Å²) in [5.41, 5.74) is 2.43. The number of nitrogens with one attached hydrogen (secondary N) is 5. The van der Waals surface area contributed by atoms with Crippen LogP contribution in [0.1, 0.15) is 48.8 Å². The minimum atomic E-state index is -2.89. The smallest absolute Gasteiger partial charge is 0.408 e. The molecule has 1 aromatic carbocycles. The number of amidine groups is 1. The van der Waals surface area contributed by atoms with Crippen LogP contribution in [-0.4, -0.2) is 80.1 Å². The summed E-state index contributed by atoms with van der Waals surface area (Å²) in [6.45, 7) is 2.43. The number of aryl methyl sites for hydroxylation is 1. The summed E-state index contributed by atoms with van der Waals surface area (Å²) in [5, 5.41) is 34.1. The Hall–Kier alpha value is -4.00. The fraction of sp³-hybridized carbons (Fsp3) is 0.481. The third kappa shape index (κ3) is 6.41. The molecule has 0 aliphatic carbocycles. The number of carbonyl (C=O) groups excluding carboxylic acids is 1. The van der Waals surface area contributed by atoms with Crippen LogP contribution in [0.15, 0.2) is 29.6 Å². The first kappa shape index (κ1) is 29.0. The van der Waals surface area contributed by atoms with Gasteiger partial charge in [0.2, 0.25) is 0 Å². The number of carbonyl (C=O) groups is 2. The van der Waals surface area contributed by atoms with Crippen molar-refractivity contribution in [2.24, 2.45) is 0 Å². The van der Waals surface area contributed by atoms with Crippen molar-refractivity contribution in [2.45, 2.75) is 44.6 Å². The van der Waals surface area contributed by atoms with Crippen LogP contribution in [0.25, 0.3) is 5.57 Å². The molecule has 1 saturated heterocycles. The van der Waals surface area contributed by atoms with Crippen molar-refractivity contribution in [3.63, 3.8) is 0 Å². The molecule has 0 bridgehead atoms. The normalized spacial score (nSPS) is 18.4. The lowest BCUT2D eigenvalue weighted by molar-refractivity contribution is 0.0798. The maximum atomic E-state index is 14.3. The summed E-state index contributed by atoms with van der Waals surface area (Å²) in [7, 11) is 1.56. The number of urea groups is 1. The molecule has 6 N–H and O–H groups in total. The molecule has 3 aliphatic rings. The number of nitrogens with zero attached hydrogens (tertiary/aromatic N) is 2. The molecule has 1 aromatic rings. The van der Waals surface area contributed by atoms with Crippen LogP contribution < -0.4 is 20.9 Å². The van der Waals surface area contributed by atoms with Crippen molar-refractivity contribution >= 4 is 35.4 Å². The Bertz CT molecular complexity index is 1230. The molecule has 216 valence electrons. The molecule has 4 rings (SSSR count). The summed E-state index contributed by atoms with van der Waals surface area (Å²) in [4.78, 5) is 26.8. The number of hydrogen-bond acceptors (Lipinski definition) is 6. The summed E-state index contributed by atoms with van der Waals surface area (Å²) < 4.78 is 34.0. The second kappa shape index (κ2) is 12.9. The Morgan fingerprint density at radius 1 is 1.20 bits per heavy atom. The van der Waals surface area contributed by atoms with Gasteiger partial charge in [-0.1, -0.05) is 0 Å². The van der Waals surface area contributed by atoms with Gasteiger partial charge in [-0.25, -0.2) is 18.4 Å². The van der Waals surface area contributed by atoms with Crippen molar-refractivity contribution in [3.05, 3.63) is 46.3 Å². The predicted octanol–water partition coefficient (Wildman–Crippen LogP) is 3.68. The molecule has 40 heavy (non-hydrogen) atoms. The number of ether oxygens (including phenoxy) is 1. The molecule has 3 heterocycles. The van der Waals surface area contributed by atoms with E-state index >= 15 is 0 Å². The minimum Gasteiger partial charge on any atom is -0.465 e. The number of amides is 3. The number of halogens is 2. The second-order valence-corrected chi connectivity index (χ2v) is 9.88. The van der Waals surface area contributed by atoms with E-state index < -0.39 is 12.5 Å². The number of alkyl halides is 2. The van der Waals surface area contributed by atoms with Gasteiger partial charge in [-0.15, -0.1) is 0 Å². The molecule has 0 unspecified atom stereocenters. The summed E-state index contributed by atoms with van der Waals surface area (Å²) in [6, 6.07) is 2.84. The van der Waals surface area contributed by atoms with E-state index in [0.717, 1.165) is 36.5 Å². The van der Waals surface area contributed by atoms with E-state index in [1.54, 1.807) is 22.9 Å². The van der Waals surface area contributed by atoms with E-state index in [4.69, 9.17) is 15.3 Å². The molecule has 3 amide bonds. The molecule has 11 nitrogen and oxygen atoms in total. The van der Waals surface area contributed by atoms with Gasteiger partial charge in [0.15, 0.2) is 0 Å². The van der Waals surface area contributed by atoms with Gasteiger partial charge >= 0.3 is 12.1 Å². The van der Waals surface area contributed by atoms with Gasteiger partial charge in [0.25, 0.3) is 6.43 Å².